The molecule has 36 heavy (non-hydrogen) atoms. The smallest absolute Gasteiger partial charge is 0.231 e. The quantitative estimate of drug-likeness (QED) is 0.450. The van der Waals surface area contributed by atoms with Crippen molar-refractivity contribution < 1.29 is 14.3 Å². The minimum atomic E-state index is -0.172. The van der Waals surface area contributed by atoms with Gasteiger partial charge in [0.1, 0.15) is 5.01 Å². The summed E-state index contributed by atoms with van der Waals surface area (Å²) >= 11 is 1.47. The fourth-order valence-electron chi connectivity index (χ4n) is 4.80. The van der Waals surface area contributed by atoms with Crippen LogP contribution in [0.2, 0.25) is 0 Å². The largest absolute Gasteiger partial charge is 0.378 e. The van der Waals surface area contributed by atoms with Crippen LogP contribution in [0.1, 0.15) is 60.8 Å². The highest BCUT2D eigenvalue weighted by molar-refractivity contribution is 7.15. The van der Waals surface area contributed by atoms with Gasteiger partial charge in [0.2, 0.25) is 16.9 Å². The highest BCUT2D eigenvalue weighted by atomic mass is 32.1. The molecule has 1 aliphatic heterocycles. The molecule has 0 unspecified atom stereocenters. The monoisotopic (exact) mass is 507 g/mol. The molecule has 2 fully saturated rings. The predicted molar refractivity (Wildman–Crippen MR) is 135 cm³/mol. The number of rotatable bonds is 9. The molecule has 2 amide bonds. The van der Waals surface area contributed by atoms with E-state index in [0.29, 0.717) is 34.9 Å². The molecular formula is C25H29N7O3S. The van der Waals surface area contributed by atoms with Crippen LogP contribution < -0.4 is 10.6 Å². The van der Waals surface area contributed by atoms with Crippen molar-refractivity contribution in [1.82, 2.24) is 25.4 Å². The van der Waals surface area contributed by atoms with E-state index in [2.05, 4.69) is 36.0 Å². The Morgan fingerprint density at radius 1 is 0.972 bits per heavy atom. The normalized spacial score (nSPS) is 21.4. The van der Waals surface area contributed by atoms with Crippen LogP contribution in [0.5, 0.6) is 0 Å². The van der Waals surface area contributed by atoms with Crippen molar-refractivity contribution in [2.75, 3.05) is 17.2 Å². The summed E-state index contributed by atoms with van der Waals surface area (Å²) in [5.74, 6) is 1.02. The first-order valence-electron chi connectivity index (χ1n) is 12.4. The lowest BCUT2D eigenvalue weighted by atomic mass is 10.00. The molecule has 11 heteroatoms. The SMILES string of the molecule is O=C(Cc1ccccn1)Nc1ccc(C[C@@H]2CC[C@H](c3nnc(NC(=O)C[C@H]4CCCO4)s3)C2)nn1. The molecule has 188 valence electrons. The summed E-state index contributed by atoms with van der Waals surface area (Å²) < 4.78 is 5.53. The zero-order valence-electron chi connectivity index (χ0n) is 19.9. The predicted octanol–water partition coefficient (Wildman–Crippen LogP) is 3.54. The van der Waals surface area contributed by atoms with Gasteiger partial charge in [-0.3, -0.25) is 14.6 Å². The Hall–Kier alpha value is -3.31. The third kappa shape index (κ3) is 6.67. The third-order valence-corrected chi connectivity index (χ3v) is 7.57. The highest BCUT2D eigenvalue weighted by Crippen LogP contribution is 2.41. The average molecular weight is 508 g/mol. The van der Waals surface area contributed by atoms with E-state index >= 15 is 0 Å². The van der Waals surface area contributed by atoms with Crippen LogP contribution in [-0.2, 0) is 27.2 Å². The standard InChI is InChI=1S/C25H29N7O3S/c33-22(14-18-4-1-2-10-26-18)27-21-9-8-19(29-30-21)13-16-6-7-17(12-16)24-31-32-25(36-24)28-23(34)15-20-5-3-11-35-20/h1-2,4,8-10,16-17,20H,3,5-7,11-15H2,(H,27,30,33)(H,28,32,34)/t16-,17+,20-/m1/s1. The fourth-order valence-corrected chi connectivity index (χ4v) is 5.71. The van der Waals surface area contributed by atoms with Crippen molar-refractivity contribution in [1.29, 1.82) is 0 Å². The van der Waals surface area contributed by atoms with Crippen LogP contribution in [-0.4, -0.2) is 49.9 Å². The second-order valence-corrected chi connectivity index (χ2v) is 10.4. The number of nitrogens with one attached hydrogen (secondary N) is 2. The molecule has 5 rings (SSSR count). The van der Waals surface area contributed by atoms with Gasteiger partial charge in [-0.1, -0.05) is 17.4 Å². The number of anilines is 2. The lowest BCUT2D eigenvalue weighted by molar-refractivity contribution is -0.118. The Kier molecular flexibility index (Phi) is 7.87. The van der Waals surface area contributed by atoms with Crippen molar-refractivity contribution in [3.05, 3.63) is 52.9 Å². The molecule has 3 atom stereocenters. The van der Waals surface area contributed by atoms with E-state index in [9.17, 15) is 9.59 Å². The Balaban J connectivity index is 1.07. The highest BCUT2D eigenvalue weighted by Gasteiger charge is 2.29. The number of carbonyl (C=O) groups excluding carboxylic acids is 2. The summed E-state index contributed by atoms with van der Waals surface area (Å²) in [6, 6.07) is 9.20. The number of aromatic nitrogens is 5. The van der Waals surface area contributed by atoms with Gasteiger partial charge < -0.3 is 15.4 Å². The first kappa shape index (κ1) is 24.4. The molecule has 2 aliphatic rings. The topological polar surface area (TPSA) is 132 Å². The van der Waals surface area contributed by atoms with Gasteiger partial charge in [-0.25, -0.2) is 0 Å². The maximum atomic E-state index is 12.2. The van der Waals surface area contributed by atoms with Crippen molar-refractivity contribution in [3.8, 4) is 0 Å². The van der Waals surface area contributed by atoms with Gasteiger partial charge in [0.15, 0.2) is 5.82 Å². The lowest BCUT2D eigenvalue weighted by Crippen LogP contribution is -2.19. The van der Waals surface area contributed by atoms with E-state index in [-0.39, 0.29) is 24.3 Å². The van der Waals surface area contributed by atoms with Crippen LogP contribution in [0.15, 0.2) is 36.5 Å². The summed E-state index contributed by atoms with van der Waals surface area (Å²) in [4.78, 5) is 28.6. The number of nitrogens with zero attached hydrogens (tertiary/aromatic N) is 5. The van der Waals surface area contributed by atoms with Crippen molar-refractivity contribution in [2.45, 2.75) is 63.4 Å². The van der Waals surface area contributed by atoms with Crippen LogP contribution >= 0.6 is 11.3 Å². The first-order valence-corrected chi connectivity index (χ1v) is 13.2. The fraction of sp³-hybridized carbons (Fsp3) is 0.480. The van der Waals surface area contributed by atoms with Gasteiger partial charge in [0.05, 0.1) is 24.6 Å². The Labute approximate surface area is 213 Å². The van der Waals surface area contributed by atoms with Crippen molar-refractivity contribution >= 4 is 34.1 Å². The van der Waals surface area contributed by atoms with Gasteiger partial charge in [-0.2, -0.15) is 5.10 Å². The van der Waals surface area contributed by atoms with E-state index in [0.717, 1.165) is 55.8 Å². The molecule has 2 N–H and O–H groups in total. The number of hydrogen-bond acceptors (Lipinski definition) is 9. The molecular weight excluding hydrogens is 478 g/mol. The average Bonchev–Trinajstić information content (AvgIpc) is 3.64. The Bertz CT molecular complexity index is 1170. The molecule has 1 saturated heterocycles. The summed E-state index contributed by atoms with van der Waals surface area (Å²) in [7, 11) is 0. The van der Waals surface area contributed by atoms with E-state index in [1.54, 1.807) is 12.3 Å². The van der Waals surface area contributed by atoms with E-state index < -0.39 is 0 Å². The molecule has 3 aromatic rings. The van der Waals surface area contributed by atoms with E-state index in [1.165, 1.54) is 11.3 Å². The third-order valence-electron chi connectivity index (χ3n) is 6.57. The molecule has 0 aromatic carbocycles. The molecule has 10 nitrogen and oxygen atoms in total. The number of amides is 2. The second kappa shape index (κ2) is 11.6. The molecule has 0 spiro atoms. The second-order valence-electron chi connectivity index (χ2n) is 9.37. The summed E-state index contributed by atoms with van der Waals surface area (Å²) in [6.45, 7) is 0.739. The summed E-state index contributed by atoms with van der Waals surface area (Å²) in [5, 5.41) is 24.2. The van der Waals surface area contributed by atoms with Gasteiger partial charge >= 0.3 is 0 Å². The van der Waals surface area contributed by atoms with E-state index in [4.69, 9.17) is 4.74 Å². The maximum Gasteiger partial charge on any atom is 0.231 e. The minimum Gasteiger partial charge on any atom is -0.378 e. The molecule has 1 saturated carbocycles. The molecule has 3 aromatic heterocycles. The van der Waals surface area contributed by atoms with Gasteiger partial charge in [0, 0.05) is 24.4 Å². The summed E-state index contributed by atoms with van der Waals surface area (Å²) in [5.41, 5.74) is 1.61. The minimum absolute atomic E-state index is 0.0213. The van der Waals surface area contributed by atoms with Gasteiger partial charge in [0.25, 0.3) is 0 Å². The van der Waals surface area contributed by atoms with Crippen LogP contribution in [0, 0.1) is 5.92 Å². The molecule has 4 heterocycles. The zero-order chi connectivity index (χ0) is 24.7. The molecule has 1 aliphatic carbocycles. The summed E-state index contributed by atoms with van der Waals surface area (Å²) in [6.07, 6.45) is 8.15. The zero-order valence-corrected chi connectivity index (χ0v) is 20.7. The Morgan fingerprint density at radius 2 is 1.92 bits per heavy atom. The molecule has 0 bridgehead atoms. The number of pyridine rings is 1. The van der Waals surface area contributed by atoms with E-state index in [1.807, 2.05) is 24.3 Å². The van der Waals surface area contributed by atoms with Crippen molar-refractivity contribution in [3.63, 3.8) is 0 Å². The number of ether oxygens (including phenoxy) is 1. The van der Waals surface area contributed by atoms with Crippen LogP contribution in [0.4, 0.5) is 10.9 Å². The van der Waals surface area contributed by atoms with Gasteiger partial charge in [-0.15, -0.1) is 15.3 Å². The molecule has 0 radical (unpaired) electrons. The van der Waals surface area contributed by atoms with Crippen LogP contribution in [0.3, 0.4) is 0 Å². The van der Waals surface area contributed by atoms with Crippen molar-refractivity contribution in [2.24, 2.45) is 5.92 Å². The van der Waals surface area contributed by atoms with Gasteiger partial charge in [-0.05, 0) is 68.7 Å². The number of carbonyl (C=O) groups is 2. The maximum absolute atomic E-state index is 12.2. The first-order chi connectivity index (χ1) is 17.6. The lowest BCUT2D eigenvalue weighted by Gasteiger charge is -2.09. The van der Waals surface area contributed by atoms with Crippen LogP contribution in [0.25, 0.3) is 0 Å². The number of hydrogen-bond donors (Lipinski definition) is 2. The Morgan fingerprint density at radius 3 is 2.69 bits per heavy atom.